The zero-order chi connectivity index (χ0) is 16.8. The van der Waals surface area contributed by atoms with Gasteiger partial charge in [0, 0.05) is 4.75 Å². The average Bonchev–Trinajstić information content (AvgIpc) is 2.82. The van der Waals surface area contributed by atoms with Crippen molar-refractivity contribution in [2.45, 2.75) is 40.9 Å². The van der Waals surface area contributed by atoms with Gasteiger partial charge in [0.1, 0.15) is 18.0 Å². The van der Waals surface area contributed by atoms with Gasteiger partial charge in [-0.3, -0.25) is 4.79 Å². The van der Waals surface area contributed by atoms with E-state index in [0.717, 1.165) is 5.56 Å². The van der Waals surface area contributed by atoms with E-state index in [9.17, 15) is 14.7 Å². The van der Waals surface area contributed by atoms with Crippen molar-refractivity contribution in [3.05, 3.63) is 35.9 Å². The second kappa shape index (κ2) is 5.79. The lowest BCUT2D eigenvalue weighted by Crippen LogP contribution is -2.72. The number of ether oxygens (including phenoxy) is 1. The quantitative estimate of drug-likeness (QED) is 0.475. The molecule has 0 aromatic heterocycles. The number of halogens is 1. The van der Waals surface area contributed by atoms with Crippen LogP contribution in [0, 0.1) is 0 Å². The summed E-state index contributed by atoms with van der Waals surface area (Å²) in [6.07, 6.45) is 0. The Kier molecular flexibility index (Phi) is 4.23. The van der Waals surface area contributed by atoms with Gasteiger partial charge in [-0.2, -0.15) is 0 Å². The number of thioether (sulfide) groups is 1. The Morgan fingerprint density at radius 2 is 2.04 bits per heavy atom. The molecule has 1 aromatic carbocycles. The average molecular weight is 400 g/mol. The first-order chi connectivity index (χ1) is 10.8. The van der Waals surface area contributed by atoms with Crippen LogP contribution >= 0.6 is 27.7 Å². The molecule has 2 fully saturated rings. The molecule has 2 heterocycles. The fraction of sp³-hybridized carbons (Fsp3) is 0.500. The Bertz CT molecular complexity index is 638. The van der Waals surface area contributed by atoms with Crippen LogP contribution in [0.5, 0.6) is 0 Å². The number of aliphatic hydroxyl groups excluding tert-OH is 1. The number of carbonyl (C=O) groups is 2. The summed E-state index contributed by atoms with van der Waals surface area (Å²) in [6, 6.07) is 8.78. The number of hydrogen-bond acceptors (Lipinski definition) is 5. The number of rotatable bonds is 4. The standard InChI is InChI=1S/C16H18BrNO4S/c1-15(2)11(12(20)22-8-10-6-4-3-5-7-10)18-13(21)16(17,9-19)14(18)23-15/h3-7,11,14,19H,8-9H2,1-2H3/t11-,14+,16+/m0/s1. The minimum atomic E-state index is -0.983. The molecule has 1 amide bonds. The van der Waals surface area contributed by atoms with Crippen LogP contribution in [0.3, 0.4) is 0 Å². The van der Waals surface area contributed by atoms with Crippen LogP contribution in [-0.4, -0.2) is 49.0 Å². The Balaban J connectivity index is 1.74. The number of hydrogen-bond donors (Lipinski definition) is 1. The van der Waals surface area contributed by atoms with Gasteiger partial charge >= 0.3 is 5.97 Å². The zero-order valence-corrected chi connectivity index (χ0v) is 15.3. The van der Waals surface area contributed by atoms with Gasteiger partial charge in [-0.15, -0.1) is 11.8 Å². The second-order valence-corrected chi connectivity index (χ2v) is 9.45. The molecule has 3 atom stereocenters. The summed E-state index contributed by atoms with van der Waals surface area (Å²) >= 11 is 4.84. The van der Waals surface area contributed by atoms with Crippen molar-refractivity contribution in [2.75, 3.05) is 6.61 Å². The Morgan fingerprint density at radius 3 is 2.65 bits per heavy atom. The molecule has 2 aliphatic rings. The molecule has 0 unspecified atom stereocenters. The van der Waals surface area contributed by atoms with E-state index in [1.807, 2.05) is 44.2 Å². The van der Waals surface area contributed by atoms with E-state index < -0.39 is 21.1 Å². The van der Waals surface area contributed by atoms with Crippen molar-refractivity contribution in [1.82, 2.24) is 4.90 Å². The summed E-state index contributed by atoms with van der Waals surface area (Å²) in [7, 11) is 0. The minimum absolute atomic E-state index is 0.184. The van der Waals surface area contributed by atoms with Gasteiger partial charge in [-0.25, -0.2) is 4.79 Å². The number of β-lactam (4-membered cyclic amide) rings is 1. The van der Waals surface area contributed by atoms with Crippen molar-refractivity contribution in [3.63, 3.8) is 0 Å². The molecule has 7 heteroatoms. The first-order valence-corrected chi connectivity index (χ1v) is 8.99. The number of alkyl halides is 1. The Labute approximate surface area is 147 Å². The molecule has 0 bridgehead atoms. The number of carbonyl (C=O) groups excluding carboxylic acids is 2. The van der Waals surface area contributed by atoms with Crippen LogP contribution in [0.2, 0.25) is 0 Å². The predicted molar refractivity (Wildman–Crippen MR) is 91.1 cm³/mol. The fourth-order valence-corrected chi connectivity index (χ4v) is 5.33. The molecule has 3 rings (SSSR count). The molecule has 0 radical (unpaired) electrons. The van der Waals surface area contributed by atoms with Gasteiger partial charge < -0.3 is 14.7 Å². The highest BCUT2D eigenvalue weighted by molar-refractivity contribution is 9.10. The molecule has 0 aliphatic carbocycles. The monoisotopic (exact) mass is 399 g/mol. The summed E-state index contributed by atoms with van der Waals surface area (Å²) in [5.74, 6) is -0.667. The van der Waals surface area contributed by atoms with Crippen molar-refractivity contribution >= 4 is 39.6 Å². The summed E-state index contributed by atoms with van der Waals surface area (Å²) < 4.78 is 3.97. The maximum atomic E-state index is 12.6. The largest absolute Gasteiger partial charge is 0.459 e. The Morgan fingerprint density at radius 1 is 1.39 bits per heavy atom. The molecule has 2 aliphatic heterocycles. The lowest BCUT2D eigenvalue weighted by Gasteiger charge is -2.49. The van der Waals surface area contributed by atoms with Crippen molar-refractivity contribution in [3.8, 4) is 0 Å². The van der Waals surface area contributed by atoms with E-state index in [1.165, 1.54) is 16.7 Å². The smallest absolute Gasteiger partial charge is 0.330 e. The van der Waals surface area contributed by atoms with Crippen molar-refractivity contribution < 1.29 is 19.4 Å². The second-order valence-electron chi connectivity index (χ2n) is 6.30. The Hall–Kier alpha value is -1.05. The summed E-state index contributed by atoms with van der Waals surface area (Å²) in [4.78, 5) is 26.5. The first kappa shape index (κ1) is 16.8. The highest BCUT2D eigenvalue weighted by atomic mass is 79.9. The van der Waals surface area contributed by atoms with E-state index in [2.05, 4.69) is 15.9 Å². The van der Waals surface area contributed by atoms with Gasteiger partial charge in [0.05, 0.1) is 6.61 Å². The highest BCUT2D eigenvalue weighted by Crippen LogP contribution is 2.57. The van der Waals surface area contributed by atoms with E-state index in [0.29, 0.717) is 0 Å². The topological polar surface area (TPSA) is 66.8 Å². The molecule has 1 N–H and O–H groups in total. The number of benzene rings is 1. The molecule has 5 nitrogen and oxygen atoms in total. The molecule has 2 saturated heterocycles. The third-order valence-corrected chi connectivity index (χ3v) is 7.27. The molecule has 1 aromatic rings. The number of fused-ring (bicyclic) bond motifs is 1. The van der Waals surface area contributed by atoms with Gasteiger partial charge in [0.2, 0.25) is 5.91 Å². The molecule has 23 heavy (non-hydrogen) atoms. The van der Waals surface area contributed by atoms with E-state index >= 15 is 0 Å². The van der Waals surface area contributed by atoms with E-state index in [-0.39, 0.29) is 24.5 Å². The predicted octanol–water partition coefficient (Wildman–Crippen LogP) is 1.92. The van der Waals surface area contributed by atoms with Gasteiger partial charge in [-0.05, 0) is 19.4 Å². The van der Waals surface area contributed by atoms with Crippen LogP contribution < -0.4 is 0 Å². The molecular weight excluding hydrogens is 382 g/mol. The maximum Gasteiger partial charge on any atom is 0.330 e. The summed E-state index contributed by atoms with van der Waals surface area (Å²) in [5.41, 5.74) is 0.904. The molecule has 0 saturated carbocycles. The number of amides is 1. The van der Waals surface area contributed by atoms with Crippen molar-refractivity contribution in [1.29, 1.82) is 0 Å². The number of esters is 1. The third kappa shape index (κ3) is 2.58. The summed E-state index contributed by atoms with van der Waals surface area (Å²) in [6.45, 7) is 3.73. The summed E-state index contributed by atoms with van der Waals surface area (Å²) in [5, 5.41) is 9.23. The SMILES string of the molecule is CC1(C)S[C@H]2N(C(=O)[C@]2(Br)CO)[C@H]1C(=O)OCc1ccccc1. The molecule has 0 spiro atoms. The van der Waals surface area contributed by atoms with Crippen molar-refractivity contribution in [2.24, 2.45) is 0 Å². The van der Waals surface area contributed by atoms with Gasteiger partial charge in [0.25, 0.3) is 0 Å². The van der Waals surface area contributed by atoms with E-state index in [1.54, 1.807) is 0 Å². The van der Waals surface area contributed by atoms with E-state index in [4.69, 9.17) is 4.74 Å². The first-order valence-electron chi connectivity index (χ1n) is 7.32. The molecular formula is C16H18BrNO4S. The van der Waals surface area contributed by atoms with Crippen LogP contribution in [0.4, 0.5) is 0 Å². The lowest BCUT2D eigenvalue weighted by molar-refractivity contribution is -0.166. The highest BCUT2D eigenvalue weighted by Gasteiger charge is 2.70. The third-order valence-electron chi connectivity index (χ3n) is 4.26. The van der Waals surface area contributed by atoms with Crippen LogP contribution in [0.25, 0.3) is 0 Å². The number of nitrogens with zero attached hydrogens (tertiary/aromatic N) is 1. The minimum Gasteiger partial charge on any atom is -0.459 e. The lowest BCUT2D eigenvalue weighted by atomic mass is 9.92. The van der Waals surface area contributed by atoms with Crippen LogP contribution in [-0.2, 0) is 20.9 Å². The maximum absolute atomic E-state index is 12.6. The van der Waals surface area contributed by atoms with Crippen LogP contribution in [0.15, 0.2) is 30.3 Å². The number of aliphatic hydroxyl groups is 1. The van der Waals surface area contributed by atoms with Crippen LogP contribution in [0.1, 0.15) is 19.4 Å². The normalized spacial score (nSPS) is 31.5. The fourth-order valence-electron chi connectivity index (χ4n) is 3.02. The van der Waals surface area contributed by atoms with Gasteiger partial charge in [-0.1, -0.05) is 46.3 Å². The molecule has 124 valence electrons. The van der Waals surface area contributed by atoms with Gasteiger partial charge in [0.15, 0.2) is 4.32 Å². The zero-order valence-electron chi connectivity index (χ0n) is 12.9.